The summed E-state index contributed by atoms with van der Waals surface area (Å²) in [5.74, 6) is 0.832. The Morgan fingerprint density at radius 1 is 1.36 bits per heavy atom. The summed E-state index contributed by atoms with van der Waals surface area (Å²) in [5.41, 5.74) is 7.34. The van der Waals surface area contributed by atoms with Gasteiger partial charge in [-0.3, -0.25) is 14.0 Å². The maximum absolute atomic E-state index is 12.2. The molecule has 3 heterocycles. The molecule has 9 heteroatoms. The van der Waals surface area contributed by atoms with E-state index in [4.69, 9.17) is 5.73 Å². The summed E-state index contributed by atoms with van der Waals surface area (Å²) in [4.78, 5) is 27.7. The molecule has 0 aliphatic heterocycles. The molecule has 0 aliphatic rings. The fourth-order valence-electron chi connectivity index (χ4n) is 2.44. The molecule has 3 rings (SSSR count). The highest BCUT2D eigenvalue weighted by Crippen LogP contribution is 2.20. The molecule has 130 valence electrons. The zero-order valence-electron chi connectivity index (χ0n) is 14.0. The number of primary amides is 1. The molecule has 0 saturated carbocycles. The molecule has 1 amide bonds. The van der Waals surface area contributed by atoms with Gasteiger partial charge in [-0.1, -0.05) is 17.8 Å². The second-order valence-corrected chi connectivity index (χ2v) is 6.63. The van der Waals surface area contributed by atoms with Gasteiger partial charge in [0.25, 0.3) is 5.56 Å². The number of fused-ring (bicyclic) bond motifs is 1. The normalized spacial score (nSPS) is 11.1. The number of aryl methyl sites for hydroxylation is 2. The third-order valence-corrected chi connectivity index (χ3v) is 4.86. The number of thioether (sulfide) groups is 1. The molecular formula is C16H18N6O2S. The summed E-state index contributed by atoms with van der Waals surface area (Å²) in [6, 6.07) is 5.28. The van der Waals surface area contributed by atoms with Gasteiger partial charge < -0.3 is 10.3 Å². The fourth-order valence-corrected chi connectivity index (χ4v) is 3.27. The minimum Gasteiger partial charge on any atom is -0.370 e. The van der Waals surface area contributed by atoms with E-state index in [-0.39, 0.29) is 17.9 Å². The topological polar surface area (TPSA) is 108 Å². The predicted octanol–water partition coefficient (Wildman–Crippen LogP) is 0.842. The lowest BCUT2D eigenvalue weighted by Gasteiger charge is -2.06. The summed E-state index contributed by atoms with van der Waals surface area (Å²) < 4.78 is 3.36. The first kappa shape index (κ1) is 17.2. The number of carbonyl (C=O) groups is 1. The van der Waals surface area contributed by atoms with Crippen molar-refractivity contribution in [3.8, 4) is 0 Å². The number of nitrogens with two attached hydrogens (primary N) is 1. The maximum atomic E-state index is 12.2. The minimum atomic E-state index is -0.367. The van der Waals surface area contributed by atoms with Gasteiger partial charge in [0.15, 0.2) is 5.16 Å². The fraction of sp³-hybridized carbons (Fsp3) is 0.312. The quantitative estimate of drug-likeness (QED) is 0.654. The van der Waals surface area contributed by atoms with Gasteiger partial charge in [0.1, 0.15) is 11.5 Å². The third kappa shape index (κ3) is 3.71. The van der Waals surface area contributed by atoms with Gasteiger partial charge in [0.05, 0.1) is 5.69 Å². The molecule has 3 aromatic heterocycles. The number of pyridine rings is 1. The largest absolute Gasteiger partial charge is 0.370 e. The second kappa shape index (κ2) is 7.06. The lowest BCUT2D eigenvalue weighted by molar-refractivity contribution is -0.118. The van der Waals surface area contributed by atoms with E-state index < -0.39 is 0 Å². The molecule has 25 heavy (non-hydrogen) atoms. The van der Waals surface area contributed by atoms with E-state index in [0.717, 1.165) is 5.56 Å². The minimum absolute atomic E-state index is 0.107. The highest BCUT2D eigenvalue weighted by atomic mass is 32.2. The Balaban J connectivity index is 1.78. The van der Waals surface area contributed by atoms with Crippen molar-refractivity contribution in [3.05, 3.63) is 51.8 Å². The van der Waals surface area contributed by atoms with Gasteiger partial charge in [0.2, 0.25) is 5.91 Å². The number of carbonyl (C=O) groups excluding carboxylic acids is 1. The number of aromatic nitrogens is 5. The standard InChI is InChI=1S/C16H18N6O2S/c1-10-4-3-7-22-14(24)8-11(18-15(10)22)9-25-16-20-19-13(21(16)2)6-5-12(17)23/h3-4,7-8H,5-6,9H2,1-2H3,(H2,17,23). The Bertz CT molecular complexity index is 994. The SMILES string of the molecule is Cc1cccn2c(=O)cc(CSc3nnc(CCC(N)=O)n3C)nc12. The van der Waals surface area contributed by atoms with Crippen LogP contribution in [-0.2, 0) is 24.0 Å². The summed E-state index contributed by atoms with van der Waals surface area (Å²) in [5, 5.41) is 8.90. The van der Waals surface area contributed by atoms with Crippen LogP contribution in [0, 0.1) is 6.92 Å². The lowest BCUT2D eigenvalue weighted by Crippen LogP contribution is -2.15. The molecule has 0 saturated heterocycles. The van der Waals surface area contributed by atoms with Crippen LogP contribution in [0.2, 0.25) is 0 Å². The van der Waals surface area contributed by atoms with E-state index in [1.54, 1.807) is 6.20 Å². The van der Waals surface area contributed by atoms with Crippen LogP contribution in [0.15, 0.2) is 34.3 Å². The molecule has 0 atom stereocenters. The first-order chi connectivity index (χ1) is 12.0. The Morgan fingerprint density at radius 2 is 2.16 bits per heavy atom. The highest BCUT2D eigenvalue weighted by molar-refractivity contribution is 7.98. The second-order valence-electron chi connectivity index (χ2n) is 5.68. The van der Waals surface area contributed by atoms with E-state index in [2.05, 4.69) is 15.2 Å². The molecule has 3 aromatic rings. The highest BCUT2D eigenvalue weighted by Gasteiger charge is 2.12. The van der Waals surface area contributed by atoms with Crippen LogP contribution in [-0.4, -0.2) is 30.1 Å². The lowest BCUT2D eigenvalue weighted by atomic mass is 10.3. The number of amides is 1. The van der Waals surface area contributed by atoms with Crippen molar-refractivity contribution in [2.45, 2.75) is 30.7 Å². The Hall–Kier alpha value is -2.68. The summed E-state index contributed by atoms with van der Waals surface area (Å²) in [7, 11) is 1.84. The molecule has 8 nitrogen and oxygen atoms in total. The zero-order chi connectivity index (χ0) is 18.0. The zero-order valence-corrected chi connectivity index (χ0v) is 14.8. The van der Waals surface area contributed by atoms with Crippen LogP contribution in [0.4, 0.5) is 0 Å². The van der Waals surface area contributed by atoms with E-state index in [0.29, 0.717) is 34.5 Å². The van der Waals surface area contributed by atoms with Crippen molar-refractivity contribution in [2.24, 2.45) is 12.8 Å². The van der Waals surface area contributed by atoms with Gasteiger partial charge in [0, 0.05) is 37.9 Å². The maximum Gasteiger partial charge on any atom is 0.258 e. The van der Waals surface area contributed by atoms with Crippen molar-refractivity contribution in [3.63, 3.8) is 0 Å². The number of rotatable bonds is 6. The van der Waals surface area contributed by atoms with Crippen LogP contribution in [0.1, 0.15) is 23.5 Å². The van der Waals surface area contributed by atoms with Gasteiger partial charge >= 0.3 is 0 Å². The predicted molar refractivity (Wildman–Crippen MR) is 94.3 cm³/mol. The van der Waals surface area contributed by atoms with Gasteiger partial charge in [-0.15, -0.1) is 10.2 Å². The molecule has 2 N–H and O–H groups in total. The number of nitrogens with zero attached hydrogens (tertiary/aromatic N) is 5. The van der Waals surface area contributed by atoms with E-state index in [1.165, 1.54) is 22.2 Å². The van der Waals surface area contributed by atoms with Crippen LogP contribution < -0.4 is 11.3 Å². The van der Waals surface area contributed by atoms with Crippen LogP contribution >= 0.6 is 11.8 Å². The molecule has 0 spiro atoms. The summed E-state index contributed by atoms with van der Waals surface area (Å²) >= 11 is 1.44. The first-order valence-corrected chi connectivity index (χ1v) is 8.71. The van der Waals surface area contributed by atoms with Crippen LogP contribution in [0.25, 0.3) is 5.65 Å². The Kier molecular flexibility index (Phi) is 4.84. The van der Waals surface area contributed by atoms with Crippen molar-refractivity contribution in [2.75, 3.05) is 0 Å². The van der Waals surface area contributed by atoms with E-state index >= 15 is 0 Å². The molecule has 0 radical (unpaired) electrons. The third-order valence-electron chi connectivity index (χ3n) is 3.81. The van der Waals surface area contributed by atoms with Gasteiger partial charge in [-0.2, -0.15) is 0 Å². The van der Waals surface area contributed by atoms with Crippen molar-refractivity contribution in [1.82, 2.24) is 24.1 Å². The van der Waals surface area contributed by atoms with Crippen LogP contribution in [0.5, 0.6) is 0 Å². The summed E-state index contributed by atoms with van der Waals surface area (Å²) in [6.07, 6.45) is 2.40. The van der Waals surface area contributed by atoms with Crippen molar-refractivity contribution < 1.29 is 4.79 Å². The Morgan fingerprint density at radius 3 is 2.92 bits per heavy atom. The number of hydrogen-bond acceptors (Lipinski definition) is 6. The number of hydrogen-bond donors (Lipinski definition) is 1. The molecule has 0 aromatic carbocycles. The molecular weight excluding hydrogens is 340 g/mol. The van der Waals surface area contributed by atoms with Gasteiger partial charge in [-0.25, -0.2) is 4.98 Å². The Labute approximate surface area is 148 Å². The molecule has 0 unspecified atom stereocenters. The van der Waals surface area contributed by atoms with Crippen LogP contribution in [0.3, 0.4) is 0 Å². The average Bonchev–Trinajstić information content (AvgIpc) is 2.92. The molecule has 0 bridgehead atoms. The average molecular weight is 358 g/mol. The van der Waals surface area contributed by atoms with Gasteiger partial charge in [-0.05, 0) is 18.6 Å². The summed E-state index contributed by atoms with van der Waals surface area (Å²) in [6.45, 7) is 1.92. The van der Waals surface area contributed by atoms with Crippen molar-refractivity contribution >= 4 is 23.3 Å². The van der Waals surface area contributed by atoms with E-state index in [1.807, 2.05) is 30.7 Å². The smallest absolute Gasteiger partial charge is 0.258 e. The van der Waals surface area contributed by atoms with E-state index in [9.17, 15) is 9.59 Å². The molecule has 0 aliphatic carbocycles. The van der Waals surface area contributed by atoms with Crippen molar-refractivity contribution in [1.29, 1.82) is 0 Å². The monoisotopic (exact) mass is 358 g/mol. The first-order valence-electron chi connectivity index (χ1n) is 7.73. The molecule has 0 fully saturated rings.